The zero-order chi connectivity index (χ0) is 8.95. The molecule has 0 aliphatic rings. The van der Waals surface area contributed by atoms with Gasteiger partial charge in [-0.05, 0) is 0 Å². The second kappa shape index (κ2) is 16.8. The quantitative estimate of drug-likeness (QED) is 0.504. The molecule has 0 aromatic rings. The van der Waals surface area contributed by atoms with Gasteiger partial charge in [0.1, 0.15) is 0 Å². The van der Waals surface area contributed by atoms with Gasteiger partial charge in [-0.2, -0.15) is 0 Å². The Bertz CT molecular complexity index is 45.4. The molecule has 0 rings (SSSR count). The molecule has 0 fully saturated rings. The van der Waals surface area contributed by atoms with Crippen molar-refractivity contribution in [1.29, 1.82) is 0 Å². The van der Waals surface area contributed by atoms with Gasteiger partial charge in [-0.25, -0.2) is 0 Å². The summed E-state index contributed by atoms with van der Waals surface area (Å²) in [6.45, 7) is 6.73. The molecule has 0 unspecified atom stereocenters. The van der Waals surface area contributed by atoms with E-state index in [1.807, 2.05) is 0 Å². The van der Waals surface area contributed by atoms with Crippen molar-refractivity contribution in [3.05, 3.63) is 0 Å². The summed E-state index contributed by atoms with van der Waals surface area (Å²) in [4.78, 5) is 0. The number of hydrogen-bond acceptors (Lipinski definition) is 1. The van der Waals surface area contributed by atoms with Gasteiger partial charge >= 0.3 is 0 Å². The average molecular weight is 191 g/mol. The van der Waals surface area contributed by atoms with Crippen LogP contribution in [0.15, 0.2) is 0 Å². The predicted octanol–water partition coefficient (Wildman–Crippen LogP) is 0.965. The van der Waals surface area contributed by atoms with Crippen molar-refractivity contribution < 1.29 is 0 Å². The molecule has 0 radical (unpaired) electrons. The highest BCUT2D eigenvalue weighted by Crippen LogP contribution is 2.00. The molecule has 0 aromatic heterocycles. The van der Waals surface area contributed by atoms with E-state index in [0.717, 1.165) is 0 Å². The SMILES string of the molecule is CCCCCCC.C[SiH2]N[SiH3]. The molecule has 1 N–H and O–H groups in total. The lowest BCUT2D eigenvalue weighted by Crippen LogP contribution is -2.08. The van der Waals surface area contributed by atoms with Gasteiger partial charge in [0.15, 0.2) is 0 Å². The zero-order valence-corrected chi connectivity index (χ0v) is 12.2. The lowest BCUT2D eigenvalue weighted by atomic mass is 10.2. The first-order valence-corrected chi connectivity index (χ1v) is 8.10. The summed E-state index contributed by atoms with van der Waals surface area (Å²) in [5.74, 6) is 0. The molecule has 0 saturated heterocycles. The first kappa shape index (κ1) is 13.9. The smallest absolute Gasteiger partial charge is 0.0811 e. The molecule has 0 aliphatic heterocycles. The molecule has 3 heteroatoms. The highest BCUT2D eigenvalue weighted by atomic mass is 28.3. The van der Waals surface area contributed by atoms with Crippen LogP contribution in [0.2, 0.25) is 6.55 Å². The minimum atomic E-state index is 0.236. The largest absolute Gasteiger partial charge is 0.372 e. The van der Waals surface area contributed by atoms with E-state index in [9.17, 15) is 0 Å². The highest BCUT2D eigenvalue weighted by molar-refractivity contribution is 6.40. The lowest BCUT2D eigenvalue weighted by Gasteiger charge is -1.90. The van der Waals surface area contributed by atoms with Crippen LogP contribution in [0.25, 0.3) is 0 Å². The Labute approximate surface area is 77.8 Å². The van der Waals surface area contributed by atoms with Crippen molar-refractivity contribution in [3.8, 4) is 0 Å². The molecule has 11 heavy (non-hydrogen) atoms. The summed E-state index contributed by atoms with van der Waals surface area (Å²) in [6, 6.07) is 0. The molecule has 0 atom stereocenters. The maximum Gasteiger partial charge on any atom is 0.0811 e. The molecule has 0 bridgehead atoms. The standard InChI is InChI=1S/C7H16.CH9NSi2/c1-3-5-7-6-4-2;1-4-2-3/h3-7H2,1-2H3;2H,4H2,1,3H3. The number of nitrogens with one attached hydrogen (secondary N) is 1. The van der Waals surface area contributed by atoms with E-state index in [-0.39, 0.29) is 9.68 Å². The second-order valence-corrected chi connectivity index (χ2v) is 6.30. The van der Waals surface area contributed by atoms with Crippen molar-refractivity contribution in [2.45, 2.75) is 52.5 Å². The normalized spacial score (nSPS) is 10.1. The molecule has 1 nitrogen and oxygen atoms in total. The van der Waals surface area contributed by atoms with Crippen molar-refractivity contribution in [3.63, 3.8) is 0 Å². The average Bonchev–Trinajstić information content (AvgIpc) is 2.06. The first-order chi connectivity index (χ1) is 5.33. The maximum absolute atomic E-state index is 3.21. The highest BCUT2D eigenvalue weighted by Gasteiger charge is 1.80. The molecule has 0 spiro atoms. The molecule has 0 saturated carbocycles. The van der Waals surface area contributed by atoms with Crippen LogP contribution >= 0.6 is 0 Å². The Morgan fingerprint density at radius 1 is 1.09 bits per heavy atom. The maximum atomic E-state index is 3.21. The minimum absolute atomic E-state index is 0.236. The number of rotatable bonds is 5. The summed E-state index contributed by atoms with van der Waals surface area (Å²) in [7, 11) is 1.44. The fraction of sp³-hybridized carbons (Fsp3) is 1.00. The Morgan fingerprint density at radius 3 is 1.64 bits per heavy atom. The van der Waals surface area contributed by atoms with Gasteiger partial charge in [0.05, 0.1) is 20.1 Å². The monoisotopic (exact) mass is 191 g/mol. The summed E-state index contributed by atoms with van der Waals surface area (Å²) in [6.07, 6.45) is 7.01. The summed E-state index contributed by atoms with van der Waals surface area (Å²) < 4.78 is 3.21. The Hall–Kier alpha value is 0.394. The molecule has 70 valence electrons. The van der Waals surface area contributed by atoms with Crippen LogP contribution in [0.1, 0.15) is 46.0 Å². The molecule has 0 aliphatic carbocycles. The third-order valence-electron chi connectivity index (χ3n) is 1.56. The van der Waals surface area contributed by atoms with E-state index in [4.69, 9.17) is 0 Å². The van der Waals surface area contributed by atoms with Crippen molar-refractivity contribution in [2.24, 2.45) is 0 Å². The van der Waals surface area contributed by atoms with Gasteiger partial charge < -0.3 is 4.65 Å². The predicted molar refractivity (Wildman–Crippen MR) is 61.9 cm³/mol. The summed E-state index contributed by atoms with van der Waals surface area (Å²) in [5, 5.41) is 0. The molecule has 0 amide bonds. The first-order valence-electron chi connectivity index (χ1n) is 4.97. The van der Waals surface area contributed by atoms with Crippen LogP contribution in [0.5, 0.6) is 0 Å². The van der Waals surface area contributed by atoms with Gasteiger partial charge in [0.25, 0.3) is 0 Å². The van der Waals surface area contributed by atoms with Gasteiger partial charge in [-0.15, -0.1) is 0 Å². The van der Waals surface area contributed by atoms with Gasteiger partial charge in [0.2, 0.25) is 0 Å². The van der Waals surface area contributed by atoms with E-state index in [0.29, 0.717) is 0 Å². The lowest BCUT2D eigenvalue weighted by molar-refractivity contribution is 0.656. The fourth-order valence-electron chi connectivity index (χ4n) is 0.677. The van der Waals surface area contributed by atoms with Crippen LogP contribution in [0.3, 0.4) is 0 Å². The summed E-state index contributed by atoms with van der Waals surface area (Å²) >= 11 is 0. The van der Waals surface area contributed by atoms with E-state index >= 15 is 0 Å². The Kier molecular flexibility index (Phi) is 21.3. The topological polar surface area (TPSA) is 12.0 Å². The van der Waals surface area contributed by atoms with Gasteiger partial charge in [0, 0.05) is 0 Å². The second-order valence-electron chi connectivity index (χ2n) is 2.77. The Balaban J connectivity index is 0. The summed E-state index contributed by atoms with van der Waals surface area (Å²) in [5.41, 5.74) is 0. The van der Waals surface area contributed by atoms with Crippen LogP contribution in [0.4, 0.5) is 0 Å². The van der Waals surface area contributed by atoms with Gasteiger partial charge in [-0.1, -0.05) is 52.5 Å². The van der Waals surface area contributed by atoms with Crippen molar-refractivity contribution in [1.82, 2.24) is 4.65 Å². The van der Waals surface area contributed by atoms with Crippen LogP contribution in [0, 0.1) is 0 Å². The van der Waals surface area contributed by atoms with E-state index in [1.165, 1.54) is 42.5 Å². The van der Waals surface area contributed by atoms with Crippen LogP contribution < -0.4 is 4.65 Å². The minimum Gasteiger partial charge on any atom is -0.372 e. The van der Waals surface area contributed by atoms with E-state index in [1.54, 1.807) is 0 Å². The zero-order valence-electron chi connectivity index (χ0n) is 8.74. The Morgan fingerprint density at radius 2 is 1.45 bits per heavy atom. The van der Waals surface area contributed by atoms with Crippen molar-refractivity contribution in [2.75, 3.05) is 0 Å². The molecular formula is C8H25NSi2. The van der Waals surface area contributed by atoms with E-state index < -0.39 is 0 Å². The fourth-order valence-corrected chi connectivity index (χ4v) is 0.677. The molecule has 0 aromatic carbocycles. The third-order valence-corrected chi connectivity index (χ3v) is 4.39. The van der Waals surface area contributed by atoms with Gasteiger partial charge in [-0.3, -0.25) is 0 Å². The molecule has 0 heterocycles. The van der Waals surface area contributed by atoms with E-state index in [2.05, 4.69) is 25.0 Å². The van der Waals surface area contributed by atoms with Crippen molar-refractivity contribution >= 4 is 20.1 Å². The number of unbranched alkanes of at least 4 members (excludes halogenated alkanes) is 4. The molecular weight excluding hydrogens is 166 g/mol. The van der Waals surface area contributed by atoms with Crippen LogP contribution in [-0.2, 0) is 0 Å². The third kappa shape index (κ3) is 25.2. The number of hydrogen-bond donors (Lipinski definition) is 1. The van der Waals surface area contributed by atoms with Crippen LogP contribution in [-0.4, -0.2) is 20.1 Å².